The SMILES string of the molecule is CC(C)C[C@H](CNC(=O)c1cncs1)CC(=O)O. The van der Waals surface area contributed by atoms with E-state index in [1.165, 1.54) is 17.5 Å². The lowest BCUT2D eigenvalue weighted by molar-refractivity contribution is -0.138. The highest BCUT2D eigenvalue weighted by Crippen LogP contribution is 2.15. The molecular weight excluding hydrogens is 252 g/mol. The van der Waals surface area contributed by atoms with Gasteiger partial charge in [0.05, 0.1) is 11.7 Å². The van der Waals surface area contributed by atoms with Crippen LogP contribution in [-0.4, -0.2) is 28.5 Å². The van der Waals surface area contributed by atoms with Crippen molar-refractivity contribution in [3.63, 3.8) is 0 Å². The average molecular weight is 270 g/mol. The molecule has 5 nitrogen and oxygen atoms in total. The Morgan fingerprint density at radius 3 is 2.72 bits per heavy atom. The Balaban J connectivity index is 2.45. The summed E-state index contributed by atoms with van der Waals surface area (Å²) in [5.74, 6) is -0.627. The van der Waals surface area contributed by atoms with Gasteiger partial charge >= 0.3 is 5.97 Å². The first-order chi connectivity index (χ1) is 8.49. The van der Waals surface area contributed by atoms with Crippen LogP contribution in [0, 0.1) is 11.8 Å². The van der Waals surface area contributed by atoms with Gasteiger partial charge < -0.3 is 10.4 Å². The largest absolute Gasteiger partial charge is 0.481 e. The zero-order valence-corrected chi connectivity index (χ0v) is 11.4. The van der Waals surface area contributed by atoms with Crippen LogP contribution in [-0.2, 0) is 4.79 Å². The maximum atomic E-state index is 11.7. The van der Waals surface area contributed by atoms with E-state index in [9.17, 15) is 9.59 Å². The van der Waals surface area contributed by atoms with E-state index < -0.39 is 5.97 Å². The molecule has 0 saturated carbocycles. The molecule has 1 aromatic rings. The molecule has 1 aromatic heterocycles. The highest BCUT2D eigenvalue weighted by molar-refractivity contribution is 7.11. The minimum atomic E-state index is -0.826. The van der Waals surface area contributed by atoms with E-state index in [2.05, 4.69) is 10.3 Å². The van der Waals surface area contributed by atoms with Gasteiger partial charge in [-0.1, -0.05) is 13.8 Å². The average Bonchev–Trinajstić information content (AvgIpc) is 2.77. The molecule has 0 fully saturated rings. The van der Waals surface area contributed by atoms with Crippen LogP contribution in [0.1, 0.15) is 36.4 Å². The van der Waals surface area contributed by atoms with Crippen molar-refractivity contribution in [2.24, 2.45) is 11.8 Å². The third kappa shape index (κ3) is 5.27. The number of carboxylic acid groups (broad SMARTS) is 1. The summed E-state index contributed by atoms with van der Waals surface area (Å²) >= 11 is 1.27. The van der Waals surface area contributed by atoms with E-state index in [0.717, 1.165) is 6.42 Å². The Hall–Kier alpha value is -1.43. The third-order valence-electron chi connectivity index (χ3n) is 2.48. The number of thiazole rings is 1. The second-order valence-electron chi connectivity index (χ2n) is 4.67. The van der Waals surface area contributed by atoms with Crippen LogP contribution in [0.15, 0.2) is 11.7 Å². The van der Waals surface area contributed by atoms with Gasteiger partial charge in [0.1, 0.15) is 4.88 Å². The fourth-order valence-corrected chi connectivity index (χ4v) is 2.34. The molecule has 6 heteroatoms. The number of rotatable bonds is 7. The molecule has 0 saturated heterocycles. The highest BCUT2D eigenvalue weighted by Gasteiger charge is 2.16. The Labute approximate surface area is 110 Å². The van der Waals surface area contributed by atoms with Gasteiger partial charge in [0.2, 0.25) is 0 Å². The first-order valence-corrected chi connectivity index (χ1v) is 6.75. The quantitative estimate of drug-likeness (QED) is 0.794. The van der Waals surface area contributed by atoms with Crippen LogP contribution in [0.4, 0.5) is 0 Å². The molecule has 0 unspecified atom stereocenters. The molecule has 1 rings (SSSR count). The van der Waals surface area contributed by atoms with Crippen LogP contribution < -0.4 is 5.32 Å². The zero-order valence-electron chi connectivity index (χ0n) is 10.5. The molecule has 1 atom stereocenters. The molecule has 1 heterocycles. The summed E-state index contributed by atoms with van der Waals surface area (Å²) in [6, 6.07) is 0. The zero-order chi connectivity index (χ0) is 13.5. The third-order valence-corrected chi connectivity index (χ3v) is 3.25. The Morgan fingerprint density at radius 1 is 1.50 bits per heavy atom. The van der Waals surface area contributed by atoms with Gasteiger partial charge in [0.25, 0.3) is 5.91 Å². The predicted octanol–water partition coefficient (Wildman–Crippen LogP) is 2.01. The van der Waals surface area contributed by atoms with Gasteiger partial charge in [-0.3, -0.25) is 14.6 Å². The van der Waals surface area contributed by atoms with Crippen molar-refractivity contribution in [1.29, 1.82) is 0 Å². The van der Waals surface area contributed by atoms with E-state index in [0.29, 0.717) is 17.3 Å². The van der Waals surface area contributed by atoms with Gasteiger partial charge in [0.15, 0.2) is 0 Å². The van der Waals surface area contributed by atoms with Gasteiger partial charge in [0, 0.05) is 13.0 Å². The Kier molecular flexibility index (Phi) is 5.77. The van der Waals surface area contributed by atoms with Crippen LogP contribution in [0.5, 0.6) is 0 Å². The minimum Gasteiger partial charge on any atom is -0.481 e. The Morgan fingerprint density at radius 2 is 2.22 bits per heavy atom. The van der Waals surface area contributed by atoms with E-state index >= 15 is 0 Å². The second kappa shape index (κ2) is 7.10. The fraction of sp³-hybridized carbons (Fsp3) is 0.583. The summed E-state index contributed by atoms with van der Waals surface area (Å²) < 4.78 is 0. The van der Waals surface area contributed by atoms with Gasteiger partial charge in [-0.15, -0.1) is 11.3 Å². The monoisotopic (exact) mass is 270 g/mol. The number of aromatic nitrogens is 1. The van der Waals surface area contributed by atoms with Crippen molar-refractivity contribution < 1.29 is 14.7 Å². The maximum absolute atomic E-state index is 11.7. The van der Waals surface area contributed by atoms with Crippen molar-refractivity contribution in [2.45, 2.75) is 26.7 Å². The van der Waals surface area contributed by atoms with Crippen molar-refractivity contribution in [2.75, 3.05) is 6.54 Å². The van der Waals surface area contributed by atoms with Gasteiger partial charge in [-0.2, -0.15) is 0 Å². The van der Waals surface area contributed by atoms with Crippen LogP contribution in [0.25, 0.3) is 0 Å². The van der Waals surface area contributed by atoms with Crippen molar-refractivity contribution >= 4 is 23.2 Å². The lowest BCUT2D eigenvalue weighted by Gasteiger charge is -2.17. The summed E-state index contributed by atoms with van der Waals surface area (Å²) in [5.41, 5.74) is 1.60. The molecule has 18 heavy (non-hydrogen) atoms. The van der Waals surface area contributed by atoms with Crippen LogP contribution in [0.3, 0.4) is 0 Å². The summed E-state index contributed by atoms with van der Waals surface area (Å²) in [5, 5.41) is 11.6. The summed E-state index contributed by atoms with van der Waals surface area (Å²) in [7, 11) is 0. The highest BCUT2D eigenvalue weighted by atomic mass is 32.1. The van der Waals surface area contributed by atoms with Gasteiger partial charge in [-0.05, 0) is 18.3 Å². The number of aliphatic carboxylic acids is 1. The van der Waals surface area contributed by atoms with Crippen LogP contribution in [0.2, 0.25) is 0 Å². The number of hydrogen-bond donors (Lipinski definition) is 2. The molecular formula is C12H18N2O3S. The van der Waals surface area contributed by atoms with Crippen LogP contribution >= 0.6 is 11.3 Å². The van der Waals surface area contributed by atoms with E-state index in [1.807, 2.05) is 13.8 Å². The summed E-state index contributed by atoms with van der Waals surface area (Å²) in [6.07, 6.45) is 2.38. The fourth-order valence-electron chi connectivity index (χ4n) is 1.80. The van der Waals surface area contributed by atoms with Crippen molar-refractivity contribution in [3.05, 3.63) is 16.6 Å². The standard InChI is InChI=1S/C12H18N2O3S/c1-8(2)3-9(4-11(15)16)5-14-12(17)10-6-13-7-18-10/h6-9H,3-5H2,1-2H3,(H,14,17)(H,15,16)/t9-/m0/s1. The number of carbonyl (C=O) groups excluding carboxylic acids is 1. The second-order valence-corrected chi connectivity index (χ2v) is 5.56. The molecule has 100 valence electrons. The van der Waals surface area contributed by atoms with E-state index in [-0.39, 0.29) is 18.2 Å². The topological polar surface area (TPSA) is 79.3 Å². The number of carbonyl (C=O) groups is 2. The molecule has 0 radical (unpaired) electrons. The maximum Gasteiger partial charge on any atom is 0.303 e. The minimum absolute atomic E-state index is 0.0284. The number of amides is 1. The normalized spacial score (nSPS) is 12.4. The molecule has 0 aliphatic rings. The first kappa shape index (κ1) is 14.6. The first-order valence-electron chi connectivity index (χ1n) is 5.87. The molecule has 0 aromatic carbocycles. The summed E-state index contributed by atoms with van der Waals surface area (Å²) in [6.45, 7) is 4.47. The predicted molar refractivity (Wildman–Crippen MR) is 69.6 cm³/mol. The van der Waals surface area contributed by atoms with E-state index in [1.54, 1.807) is 5.51 Å². The van der Waals surface area contributed by atoms with E-state index in [4.69, 9.17) is 5.11 Å². The molecule has 0 aliphatic heterocycles. The molecule has 0 spiro atoms. The lowest BCUT2D eigenvalue weighted by atomic mass is 9.94. The molecule has 0 aliphatic carbocycles. The number of nitrogens with zero attached hydrogens (tertiary/aromatic N) is 1. The molecule has 2 N–H and O–H groups in total. The summed E-state index contributed by atoms with van der Waals surface area (Å²) in [4.78, 5) is 26.8. The lowest BCUT2D eigenvalue weighted by Crippen LogP contribution is -2.30. The van der Waals surface area contributed by atoms with Crippen molar-refractivity contribution in [1.82, 2.24) is 10.3 Å². The number of hydrogen-bond acceptors (Lipinski definition) is 4. The van der Waals surface area contributed by atoms with Gasteiger partial charge in [-0.25, -0.2) is 0 Å². The number of nitrogens with one attached hydrogen (secondary N) is 1. The number of carboxylic acids is 1. The molecule has 1 amide bonds. The smallest absolute Gasteiger partial charge is 0.303 e. The molecule has 0 bridgehead atoms. The Bertz CT molecular complexity index is 390. The van der Waals surface area contributed by atoms with Crippen molar-refractivity contribution in [3.8, 4) is 0 Å².